The van der Waals surface area contributed by atoms with E-state index in [-0.39, 0.29) is 0 Å². The van der Waals surface area contributed by atoms with Crippen molar-refractivity contribution in [2.45, 2.75) is 6.42 Å². The topological polar surface area (TPSA) is 51.4 Å². The van der Waals surface area contributed by atoms with Crippen LogP contribution in [0, 0.1) is 0 Å². The van der Waals surface area contributed by atoms with Crippen LogP contribution in [0.4, 0.5) is 5.69 Å². The van der Waals surface area contributed by atoms with Crippen LogP contribution >= 0.6 is 0 Å². The zero-order valence-electron chi connectivity index (χ0n) is 10.9. The number of nitrogens with zero attached hydrogens (tertiary/aromatic N) is 2. The van der Waals surface area contributed by atoms with Crippen molar-refractivity contribution in [1.82, 2.24) is 9.88 Å². The van der Waals surface area contributed by atoms with Gasteiger partial charge in [0.25, 0.3) is 0 Å². The molecule has 18 heavy (non-hydrogen) atoms. The van der Waals surface area contributed by atoms with Crippen LogP contribution in [0.3, 0.4) is 0 Å². The average molecular weight is 245 g/mol. The monoisotopic (exact) mass is 245 g/mol. The third kappa shape index (κ3) is 2.90. The first kappa shape index (κ1) is 12.6. The van der Waals surface area contributed by atoms with E-state index in [1.165, 1.54) is 0 Å². The predicted octanol–water partition coefficient (Wildman–Crippen LogP) is 2.15. The molecular formula is C14H19N3O. The van der Waals surface area contributed by atoms with Crippen LogP contribution < -0.4 is 10.5 Å². The van der Waals surface area contributed by atoms with Gasteiger partial charge >= 0.3 is 0 Å². The van der Waals surface area contributed by atoms with Gasteiger partial charge < -0.3 is 15.4 Å². The lowest BCUT2D eigenvalue weighted by atomic mass is 10.1. The van der Waals surface area contributed by atoms with E-state index < -0.39 is 0 Å². The Hall–Kier alpha value is -1.81. The van der Waals surface area contributed by atoms with Gasteiger partial charge in [-0.3, -0.25) is 4.98 Å². The van der Waals surface area contributed by atoms with Crippen molar-refractivity contribution in [1.29, 1.82) is 0 Å². The summed E-state index contributed by atoms with van der Waals surface area (Å²) in [5.41, 5.74) is 7.49. The van der Waals surface area contributed by atoms with E-state index >= 15 is 0 Å². The molecule has 2 N–H and O–H groups in total. The molecule has 0 amide bonds. The van der Waals surface area contributed by atoms with Crippen molar-refractivity contribution in [3.63, 3.8) is 0 Å². The molecule has 0 saturated carbocycles. The van der Waals surface area contributed by atoms with E-state index in [4.69, 9.17) is 10.5 Å². The minimum Gasteiger partial charge on any atom is -0.491 e. The molecule has 1 heterocycles. The lowest BCUT2D eigenvalue weighted by Crippen LogP contribution is -2.15. The van der Waals surface area contributed by atoms with E-state index in [1.54, 1.807) is 6.20 Å². The summed E-state index contributed by atoms with van der Waals surface area (Å²) in [5.74, 6) is 0.804. The molecule has 0 saturated heterocycles. The molecule has 0 atom stereocenters. The number of anilines is 1. The number of hydrogen-bond donors (Lipinski definition) is 1. The number of benzene rings is 1. The van der Waals surface area contributed by atoms with Gasteiger partial charge in [-0.25, -0.2) is 0 Å². The van der Waals surface area contributed by atoms with E-state index in [2.05, 4.69) is 24.0 Å². The standard InChI is InChI=1S/C14H19N3O/c1-17(2)9-4-10-18-13-7-6-12(15)11-5-3-8-16-14(11)13/h3,5-8H,4,9-10,15H2,1-2H3. The predicted molar refractivity (Wildman–Crippen MR) is 74.8 cm³/mol. The molecule has 0 unspecified atom stereocenters. The third-order valence-electron chi connectivity index (χ3n) is 2.77. The summed E-state index contributed by atoms with van der Waals surface area (Å²) >= 11 is 0. The molecule has 0 fully saturated rings. The van der Waals surface area contributed by atoms with Gasteiger partial charge in [-0.1, -0.05) is 0 Å². The molecule has 0 aliphatic heterocycles. The van der Waals surface area contributed by atoms with Crippen molar-refractivity contribution in [3.8, 4) is 5.75 Å². The van der Waals surface area contributed by atoms with Gasteiger partial charge in [0.2, 0.25) is 0 Å². The summed E-state index contributed by atoms with van der Waals surface area (Å²) in [7, 11) is 4.11. The molecule has 1 aromatic carbocycles. The first-order chi connectivity index (χ1) is 8.68. The highest BCUT2D eigenvalue weighted by Crippen LogP contribution is 2.27. The molecule has 0 aliphatic carbocycles. The average Bonchev–Trinajstić information content (AvgIpc) is 2.37. The molecule has 0 bridgehead atoms. The third-order valence-corrected chi connectivity index (χ3v) is 2.77. The zero-order valence-corrected chi connectivity index (χ0v) is 10.9. The molecule has 1 aromatic heterocycles. The Morgan fingerprint density at radius 1 is 1.28 bits per heavy atom. The van der Waals surface area contributed by atoms with Gasteiger partial charge in [0, 0.05) is 23.8 Å². The molecule has 0 aliphatic rings. The van der Waals surface area contributed by atoms with Crippen LogP contribution in [0.15, 0.2) is 30.5 Å². The van der Waals surface area contributed by atoms with Crippen molar-refractivity contribution < 1.29 is 4.74 Å². The van der Waals surface area contributed by atoms with E-state index in [0.717, 1.165) is 35.3 Å². The second kappa shape index (κ2) is 5.69. The first-order valence-electron chi connectivity index (χ1n) is 6.09. The molecule has 96 valence electrons. The fourth-order valence-electron chi connectivity index (χ4n) is 1.85. The molecule has 0 radical (unpaired) electrons. The zero-order chi connectivity index (χ0) is 13.0. The van der Waals surface area contributed by atoms with Gasteiger partial charge in [0.15, 0.2) is 0 Å². The van der Waals surface area contributed by atoms with Gasteiger partial charge in [-0.05, 0) is 44.8 Å². The summed E-state index contributed by atoms with van der Waals surface area (Å²) in [6, 6.07) is 7.60. The van der Waals surface area contributed by atoms with Crippen LogP contribution in [0.1, 0.15) is 6.42 Å². The fraction of sp³-hybridized carbons (Fsp3) is 0.357. The maximum atomic E-state index is 5.92. The Kier molecular flexibility index (Phi) is 3.99. The van der Waals surface area contributed by atoms with Crippen LogP contribution in [0.25, 0.3) is 10.9 Å². The smallest absolute Gasteiger partial charge is 0.145 e. The Morgan fingerprint density at radius 2 is 2.11 bits per heavy atom. The van der Waals surface area contributed by atoms with Crippen molar-refractivity contribution in [2.75, 3.05) is 33.0 Å². The molecule has 2 rings (SSSR count). The van der Waals surface area contributed by atoms with E-state index in [9.17, 15) is 0 Å². The number of hydrogen-bond acceptors (Lipinski definition) is 4. The SMILES string of the molecule is CN(C)CCCOc1ccc(N)c2cccnc12. The second-order valence-corrected chi connectivity index (χ2v) is 4.56. The summed E-state index contributed by atoms with van der Waals surface area (Å²) in [4.78, 5) is 6.48. The first-order valence-corrected chi connectivity index (χ1v) is 6.09. The Bertz CT molecular complexity index is 525. The van der Waals surface area contributed by atoms with Crippen LogP contribution in [0.5, 0.6) is 5.75 Å². The Balaban J connectivity index is 2.11. The van der Waals surface area contributed by atoms with Crippen LogP contribution in [-0.4, -0.2) is 37.1 Å². The lowest BCUT2D eigenvalue weighted by molar-refractivity contribution is 0.284. The Morgan fingerprint density at radius 3 is 2.89 bits per heavy atom. The highest BCUT2D eigenvalue weighted by molar-refractivity contribution is 5.94. The number of fused-ring (bicyclic) bond motifs is 1. The summed E-state index contributed by atoms with van der Waals surface area (Å²) < 4.78 is 5.78. The molecule has 4 heteroatoms. The van der Waals surface area contributed by atoms with Crippen molar-refractivity contribution in [3.05, 3.63) is 30.5 Å². The highest BCUT2D eigenvalue weighted by atomic mass is 16.5. The summed E-state index contributed by atoms with van der Waals surface area (Å²) in [5, 5.41) is 0.947. The fourth-order valence-corrected chi connectivity index (χ4v) is 1.85. The van der Waals surface area contributed by atoms with Gasteiger partial charge in [-0.15, -0.1) is 0 Å². The number of aromatic nitrogens is 1. The van der Waals surface area contributed by atoms with Crippen molar-refractivity contribution in [2.24, 2.45) is 0 Å². The van der Waals surface area contributed by atoms with Crippen LogP contribution in [-0.2, 0) is 0 Å². The molecule has 0 spiro atoms. The molecular weight excluding hydrogens is 226 g/mol. The van der Waals surface area contributed by atoms with Gasteiger partial charge in [-0.2, -0.15) is 0 Å². The maximum Gasteiger partial charge on any atom is 0.145 e. The number of nitrogens with two attached hydrogens (primary N) is 1. The largest absolute Gasteiger partial charge is 0.491 e. The quantitative estimate of drug-likeness (QED) is 0.647. The Labute approximate surface area is 107 Å². The van der Waals surface area contributed by atoms with Gasteiger partial charge in [0.05, 0.1) is 6.61 Å². The van der Waals surface area contributed by atoms with Crippen LogP contribution in [0.2, 0.25) is 0 Å². The number of rotatable bonds is 5. The van der Waals surface area contributed by atoms with E-state index in [0.29, 0.717) is 6.61 Å². The lowest BCUT2D eigenvalue weighted by Gasteiger charge is -2.12. The number of ether oxygens (including phenoxy) is 1. The molecule has 2 aromatic rings. The summed E-state index contributed by atoms with van der Waals surface area (Å²) in [6.07, 6.45) is 2.75. The number of pyridine rings is 1. The summed E-state index contributed by atoms with van der Waals surface area (Å²) in [6.45, 7) is 1.70. The minimum absolute atomic E-state index is 0.688. The minimum atomic E-state index is 0.688. The second-order valence-electron chi connectivity index (χ2n) is 4.56. The highest BCUT2D eigenvalue weighted by Gasteiger charge is 2.05. The number of nitrogen functional groups attached to an aromatic ring is 1. The van der Waals surface area contributed by atoms with Crippen molar-refractivity contribution >= 4 is 16.6 Å². The van der Waals surface area contributed by atoms with E-state index in [1.807, 2.05) is 24.3 Å². The van der Waals surface area contributed by atoms with Gasteiger partial charge in [0.1, 0.15) is 11.3 Å². The maximum absolute atomic E-state index is 5.92. The normalized spacial score (nSPS) is 11.1. The molecule has 4 nitrogen and oxygen atoms in total.